The number of fused-ring (bicyclic) bond motifs is 3. The lowest BCUT2D eigenvalue weighted by molar-refractivity contribution is -0.154. The summed E-state index contributed by atoms with van der Waals surface area (Å²) in [6.07, 6.45) is 2.00. The fraction of sp³-hybridized carbons (Fsp3) is 0.421. The number of benzene rings is 1. The quantitative estimate of drug-likeness (QED) is 0.724. The molecule has 1 saturated carbocycles. The monoisotopic (exact) mass is 344 g/mol. The molecule has 25 heavy (non-hydrogen) atoms. The smallest absolute Gasteiger partial charge is 0.231 e. The summed E-state index contributed by atoms with van der Waals surface area (Å²) in [5.74, 6) is -1.26. The number of aliphatic hydroxyl groups is 3. The first kappa shape index (κ1) is 16.2. The molecule has 4 rings (SSSR count). The second-order valence-electron chi connectivity index (χ2n) is 7.07. The Balaban J connectivity index is 1.89. The van der Waals surface area contributed by atoms with Crippen LogP contribution >= 0.6 is 0 Å². The number of ether oxygens (including phenoxy) is 2. The number of ketones is 1. The highest BCUT2D eigenvalue weighted by atomic mass is 16.7. The molecule has 3 aliphatic rings. The normalized spacial score (nSPS) is 38.6. The SMILES string of the molecule is C=CC[C@@]12C=C(O)C(=O)[C@@](O)([C@H](c3ccc4c(c3)OCO4)[C@H]1C)[C@@H]2O. The minimum Gasteiger partial charge on any atom is -0.505 e. The van der Waals surface area contributed by atoms with Crippen LogP contribution in [0, 0.1) is 11.3 Å². The van der Waals surface area contributed by atoms with Crippen molar-refractivity contribution in [3.8, 4) is 11.5 Å². The van der Waals surface area contributed by atoms with Crippen LogP contribution in [0.25, 0.3) is 0 Å². The average molecular weight is 344 g/mol. The molecule has 0 saturated heterocycles. The summed E-state index contributed by atoms with van der Waals surface area (Å²) < 4.78 is 10.7. The molecule has 2 aliphatic carbocycles. The standard InChI is InChI=1S/C19H20O6/c1-3-6-18-8-12(20)16(21)19(23,17(18)22)15(10(18)2)11-4-5-13-14(7-11)25-9-24-13/h3-5,7-8,10,15,17,20,22-23H,1,6,9H2,2H3/t10-,15+,17-,18-,19+/m1/s1. The highest BCUT2D eigenvalue weighted by molar-refractivity contribution is 6.03. The molecule has 132 valence electrons. The molecule has 1 fully saturated rings. The van der Waals surface area contributed by atoms with Gasteiger partial charge in [-0.05, 0) is 36.1 Å². The molecule has 0 radical (unpaired) electrons. The Labute approximate surface area is 145 Å². The van der Waals surface area contributed by atoms with Crippen molar-refractivity contribution in [1.82, 2.24) is 0 Å². The highest BCUT2D eigenvalue weighted by Crippen LogP contribution is 2.62. The van der Waals surface area contributed by atoms with Gasteiger partial charge in [0.25, 0.3) is 0 Å². The zero-order valence-electron chi connectivity index (χ0n) is 13.8. The van der Waals surface area contributed by atoms with Gasteiger partial charge in [-0.25, -0.2) is 0 Å². The van der Waals surface area contributed by atoms with E-state index in [1.54, 1.807) is 24.3 Å². The molecular formula is C19H20O6. The van der Waals surface area contributed by atoms with Crippen molar-refractivity contribution in [3.05, 3.63) is 48.3 Å². The largest absolute Gasteiger partial charge is 0.505 e. The summed E-state index contributed by atoms with van der Waals surface area (Å²) in [7, 11) is 0. The third-order valence-corrected chi connectivity index (χ3v) is 6.00. The lowest BCUT2D eigenvalue weighted by Crippen LogP contribution is -2.56. The van der Waals surface area contributed by atoms with Crippen molar-refractivity contribution in [1.29, 1.82) is 0 Å². The predicted octanol–water partition coefficient (Wildman–Crippen LogP) is 1.83. The maximum atomic E-state index is 12.6. The topological polar surface area (TPSA) is 96.2 Å². The summed E-state index contributed by atoms with van der Waals surface area (Å²) in [4.78, 5) is 12.6. The lowest BCUT2D eigenvalue weighted by atomic mass is 9.70. The minimum atomic E-state index is -2.10. The first-order valence-electron chi connectivity index (χ1n) is 8.23. The zero-order valence-corrected chi connectivity index (χ0v) is 13.8. The maximum absolute atomic E-state index is 12.6. The third-order valence-electron chi connectivity index (χ3n) is 6.00. The van der Waals surface area contributed by atoms with Crippen LogP contribution in [0.15, 0.2) is 42.7 Å². The molecule has 6 nitrogen and oxygen atoms in total. The van der Waals surface area contributed by atoms with Gasteiger partial charge < -0.3 is 24.8 Å². The van der Waals surface area contributed by atoms with Crippen LogP contribution in [0.3, 0.4) is 0 Å². The zero-order chi connectivity index (χ0) is 18.0. The molecule has 6 heteroatoms. The second kappa shape index (κ2) is 5.09. The lowest BCUT2D eigenvalue weighted by Gasteiger charge is -2.38. The van der Waals surface area contributed by atoms with Gasteiger partial charge in [0.1, 0.15) is 6.10 Å². The Morgan fingerprint density at radius 3 is 2.80 bits per heavy atom. The van der Waals surface area contributed by atoms with Crippen molar-refractivity contribution >= 4 is 5.78 Å². The van der Waals surface area contributed by atoms with Gasteiger partial charge >= 0.3 is 0 Å². The van der Waals surface area contributed by atoms with Crippen molar-refractivity contribution in [2.24, 2.45) is 11.3 Å². The van der Waals surface area contributed by atoms with Crippen LogP contribution in [0.5, 0.6) is 11.5 Å². The van der Waals surface area contributed by atoms with E-state index < -0.39 is 34.6 Å². The van der Waals surface area contributed by atoms with Gasteiger partial charge in [-0.15, -0.1) is 6.58 Å². The number of allylic oxidation sites excluding steroid dienone is 1. The van der Waals surface area contributed by atoms with Gasteiger partial charge in [-0.3, -0.25) is 4.79 Å². The summed E-state index contributed by atoms with van der Waals surface area (Å²) in [6, 6.07) is 5.20. The molecule has 2 bridgehead atoms. The van der Waals surface area contributed by atoms with E-state index in [4.69, 9.17) is 9.47 Å². The van der Waals surface area contributed by atoms with Crippen molar-refractivity contribution in [3.63, 3.8) is 0 Å². The average Bonchev–Trinajstić information content (AvgIpc) is 3.09. The second-order valence-corrected chi connectivity index (χ2v) is 7.07. The Kier molecular flexibility index (Phi) is 3.30. The van der Waals surface area contributed by atoms with Crippen LogP contribution in [-0.4, -0.2) is 39.6 Å². The van der Waals surface area contributed by atoms with E-state index in [1.807, 2.05) is 6.92 Å². The number of carbonyl (C=O) groups excluding carboxylic acids is 1. The molecule has 1 aliphatic heterocycles. The first-order valence-corrected chi connectivity index (χ1v) is 8.23. The molecule has 1 heterocycles. The van der Waals surface area contributed by atoms with E-state index in [2.05, 4.69) is 6.58 Å². The third kappa shape index (κ3) is 1.84. The van der Waals surface area contributed by atoms with Crippen LogP contribution in [-0.2, 0) is 4.79 Å². The number of hydrogen-bond donors (Lipinski definition) is 3. The molecule has 3 N–H and O–H groups in total. The van der Waals surface area contributed by atoms with E-state index in [0.29, 0.717) is 23.5 Å². The van der Waals surface area contributed by atoms with Gasteiger partial charge in [-0.1, -0.05) is 19.1 Å². The summed E-state index contributed by atoms with van der Waals surface area (Å²) in [6.45, 7) is 5.70. The van der Waals surface area contributed by atoms with Crippen molar-refractivity contribution in [2.75, 3.05) is 6.79 Å². The van der Waals surface area contributed by atoms with Gasteiger partial charge in [-0.2, -0.15) is 0 Å². The predicted molar refractivity (Wildman–Crippen MR) is 88.4 cm³/mol. The van der Waals surface area contributed by atoms with Crippen LogP contribution in [0.1, 0.15) is 24.8 Å². The van der Waals surface area contributed by atoms with Crippen LogP contribution in [0.4, 0.5) is 0 Å². The first-order chi connectivity index (χ1) is 11.9. The van der Waals surface area contributed by atoms with E-state index >= 15 is 0 Å². The Morgan fingerprint density at radius 1 is 1.36 bits per heavy atom. The fourth-order valence-electron chi connectivity index (χ4n) is 4.78. The Bertz CT molecular complexity index is 799. The highest BCUT2D eigenvalue weighted by Gasteiger charge is 2.71. The molecule has 0 spiro atoms. The minimum absolute atomic E-state index is 0.119. The Morgan fingerprint density at radius 2 is 2.08 bits per heavy atom. The molecule has 0 aromatic heterocycles. The maximum Gasteiger partial charge on any atom is 0.231 e. The number of carbonyl (C=O) groups is 1. The van der Waals surface area contributed by atoms with Gasteiger partial charge in [0.15, 0.2) is 22.9 Å². The van der Waals surface area contributed by atoms with E-state index in [9.17, 15) is 20.1 Å². The molecule has 1 aromatic carbocycles. The number of aliphatic hydroxyl groups excluding tert-OH is 2. The number of Topliss-reactive ketones (excluding diaryl/α,β-unsaturated/α-hetero) is 1. The van der Waals surface area contributed by atoms with E-state index in [-0.39, 0.29) is 12.7 Å². The van der Waals surface area contributed by atoms with E-state index in [1.165, 1.54) is 6.08 Å². The molecule has 0 unspecified atom stereocenters. The molecule has 0 amide bonds. The van der Waals surface area contributed by atoms with Gasteiger partial charge in [0, 0.05) is 11.3 Å². The fourth-order valence-corrected chi connectivity index (χ4v) is 4.78. The number of hydrogen-bond acceptors (Lipinski definition) is 6. The van der Waals surface area contributed by atoms with Crippen LogP contribution in [0.2, 0.25) is 0 Å². The van der Waals surface area contributed by atoms with Crippen molar-refractivity contribution in [2.45, 2.75) is 31.0 Å². The summed E-state index contributed by atoms with van der Waals surface area (Å²) in [5, 5.41) is 32.3. The molecular weight excluding hydrogens is 324 g/mol. The van der Waals surface area contributed by atoms with E-state index in [0.717, 1.165) is 0 Å². The van der Waals surface area contributed by atoms with Gasteiger partial charge in [0.05, 0.1) is 0 Å². The molecule has 5 atom stereocenters. The summed E-state index contributed by atoms with van der Waals surface area (Å²) in [5.41, 5.74) is -2.41. The van der Waals surface area contributed by atoms with Crippen molar-refractivity contribution < 1.29 is 29.6 Å². The van der Waals surface area contributed by atoms with Gasteiger partial charge in [0.2, 0.25) is 12.6 Å². The number of rotatable bonds is 3. The molecule has 1 aromatic rings. The Hall–Kier alpha value is -2.31. The van der Waals surface area contributed by atoms with Crippen LogP contribution < -0.4 is 9.47 Å². The summed E-state index contributed by atoms with van der Waals surface area (Å²) >= 11 is 0.